The van der Waals surface area contributed by atoms with Crippen LogP contribution in [0.4, 0.5) is 11.5 Å². The van der Waals surface area contributed by atoms with Crippen molar-refractivity contribution < 1.29 is 9.59 Å². The van der Waals surface area contributed by atoms with Gasteiger partial charge in [0.25, 0.3) is 11.8 Å². The lowest BCUT2D eigenvalue weighted by molar-refractivity contribution is 0.102. The van der Waals surface area contributed by atoms with Gasteiger partial charge in [0.05, 0.1) is 21.5 Å². The van der Waals surface area contributed by atoms with Crippen LogP contribution in [-0.4, -0.2) is 22.0 Å². The molecule has 4 rings (SSSR count). The van der Waals surface area contributed by atoms with Crippen LogP contribution in [0.25, 0.3) is 10.2 Å². The number of nitrogens with one attached hydrogen (secondary N) is 3. The van der Waals surface area contributed by atoms with Gasteiger partial charge in [-0.05, 0) is 36.4 Å². The number of fused-ring (bicyclic) bond motifs is 1. The number of rotatable bonds is 4. The molecule has 0 fully saturated rings. The molecule has 142 valence electrons. The maximum Gasteiger partial charge on any atom is 0.265 e. The van der Waals surface area contributed by atoms with Crippen LogP contribution >= 0.6 is 22.9 Å². The maximum absolute atomic E-state index is 12.6. The largest absolute Gasteiger partial charge is 0.320 e. The Morgan fingerprint density at radius 2 is 1.90 bits per heavy atom. The molecule has 0 spiro atoms. The number of hydrogen-bond donors (Lipinski definition) is 3. The Bertz CT molecular complexity index is 1290. The number of halogens is 1. The summed E-state index contributed by atoms with van der Waals surface area (Å²) >= 11 is 7.10. The Kier molecular flexibility index (Phi) is 4.99. The molecule has 0 saturated carbocycles. The van der Waals surface area contributed by atoms with E-state index in [4.69, 9.17) is 16.9 Å². The number of thiophene rings is 1. The summed E-state index contributed by atoms with van der Waals surface area (Å²) in [5.41, 5.74) is 1.21. The van der Waals surface area contributed by atoms with E-state index in [2.05, 4.69) is 20.8 Å². The van der Waals surface area contributed by atoms with Crippen LogP contribution in [0.1, 0.15) is 25.6 Å². The van der Waals surface area contributed by atoms with Gasteiger partial charge in [-0.15, -0.1) is 11.3 Å². The predicted octanol–water partition coefficient (Wildman–Crippen LogP) is 4.65. The Morgan fingerprint density at radius 3 is 2.69 bits per heavy atom. The minimum Gasteiger partial charge on any atom is -0.320 e. The zero-order valence-corrected chi connectivity index (χ0v) is 16.3. The molecular weight excluding hydrogens is 410 g/mol. The summed E-state index contributed by atoms with van der Waals surface area (Å²) in [6, 6.07) is 17.0. The first-order chi connectivity index (χ1) is 14.0. The van der Waals surface area contributed by atoms with Crippen LogP contribution in [0, 0.1) is 11.3 Å². The minimum absolute atomic E-state index is 0.349. The number of anilines is 2. The second-order valence-corrected chi connectivity index (χ2v) is 7.47. The van der Waals surface area contributed by atoms with E-state index in [-0.39, 0.29) is 11.8 Å². The number of hydrogen-bond acceptors (Lipinski definition) is 5. The van der Waals surface area contributed by atoms with Gasteiger partial charge in [0.1, 0.15) is 16.7 Å². The van der Waals surface area contributed by atoms with Crippen LogP contribution in [0.15, 0.2) is 54.6 Å². The van der Waals surface area contributed by atoms with Crippen molar-refractivity contribution in [2.75, 3.05) is 10.6 Å². The molecule has 0 atom stereocenters. The van der Waals surface area contributed by atoms with E-state index >= 15 is 0 Å². The van der Waals surface area contributed by atoms with Crippen molar-refractivity contribution in [2.45, 2.75) is 0 Å². The van der Waals surface area contributed by atoms with Gasteiger partial charge in [-0.25, -0.2) is 0 Å². The summed E-state index contributed by atoms with van der Waals surface area (Å²) in [5, 5.41) is 22.6. The molecular formula is C20H12ClN5O2S. The van der Waals surface area contributed by atoms with Gasteiger partial charge >= 0.3 is 0 Å². The molecule has 29 heavy (non-hydrogen) atoms. The van der Waals surface area contributed by atoms with E-state index in [1.54, 1.807) is 54.6 Å². The first kappa shape index (κ1) is 18.7. The lowest BCUT2D eigenvalue weighted by Gasteiger charge is -2.05. The summed E-state index contributed by atoms with van der Waals surface area (Å²) in [6.07, 6.45) is 0. The van der Waals surface area contributed by atoms with Crippen LogP contribution in [0.5, 0.6) is 0 Å². The molecule has 2 amide bonds. The topological polar surface area (TPSA) is 111 Å². The average Bonchev–Trinajstić information content (AvgIpc) is 3.30. The summed E-state index contributed by atoms with van der Waals surface area (Å²) in [6.45, 7) is 0. The summed E-state index contributed by atoms with van der Waals surface area (Å²) in [7, 11) is 0. The molecule has 2 aromatic heterocycles. The fourth-order valence-corrected chi connectivity index (χ4v) is 3.79. The Labute approximate surface area is 173 Å². The van der Waals surface area contributed by atoms with Gasteiger partial charge in [-0.2, -0.15) is 10.4 Å². The molecule has 0 bridgehead atoms. The molecule has 0 saturated heterocycles. The van der Waals surface area contributed by atoms with Crippen molar-refractivity contribution in [2.24, 2.45) is 0 Å². The van der Waals surface area contributed by atoms with E-state index in [0.29, 0.717) is 42.7 Å². The highest BCUT2D eigenvalue weighted by atomic mass is 35.5. The predicted molar refractivity (Wildman–Crippen MR) is 112 cm³/mol. The number of nitrogens with zero attached hydrogens (tertiary/aromatic N) is 2. The molecule has 0 aliphatic heterocycles. The van der Waals surface area contributed by atoms with Crippen LogP contribution in [0.3, 0.4) is 0 Å². The highest BCUT2D eigenvalue weighted by molar-refractivity contribution is 7.20. The van der Waals surface area contributed by atoms with Gasteiger partial charge in [-0.3, -0.25) is 14.7 Å². The van der Waals surface area contributed by atoms with Crippen LogP contribution < -0.4 is 10.6 Å². The third kappa shape index (κ3) is 3.82. The van der Waals surface area contributed by atoms with E-state index in [1.165, 1.54) is 11.3 Å². The van der Waals surface area contributed by atoms with Crippen LogP contribution in [-0.2, 0) is 0 Å². The molecule has 0 radical (unpaired) electrons. The lowest BCUT2D eigenvalue weighted by Crippen LogP contribution is -2.12. The fourth-order valence-electron chi connectivity index (χ4n) is 2.71. The second-order valence-electron chi connectivity index (χ2n) is 6.00. The number of carbonyl (C=O) groups excluding carboxylic acids is 2. The number of nitriles is 1. The van der Waals surface area contributed by atoms with Crippen LogP contribution in [0.2, 0.25) is 5.02 Å². The van der Waals surface area contributed by atoms with Gasteiger partial charge in [0.2, 0.25) is 0 Å². The standard InChI is InChI=1S/C20H12ClN5O2S/c21-13-6-3-5-11(8-13)18(27)24-17-14-9-16(29-20(14)26-25-17)19(28)23-15-7-2-1-4-12(15)10-22/h1-9H,(H,23,28)(H2,24,25,26,27). The van der Waals surface area contributed by atoms with Gasteiger partial charge in [-0.1, -0.05) is 29.8 Å². The quantitative estimate of drug-likeness (QED) is 0.445. The molecule has 2 aromatic carbocycles. The average molecular weight is 422 g/mol. The molecule has 4 aromatic rings. The van der Waals surface area contributed by atoms with Crippen molar-refractivity contribution in [3.63, 3.8) is 0 Å². The SMILES string of the molecule is N#Cc1ccccc1NC(=O)c1cc2c(NC(=O)c3cccc(Cl)c3)[nH]nc2s1. The summed E-state index contributed by atoms with van der Waals surface area (Å²) in [4.78, 5) is 26.0. The van der Waals surface area contributed by atoms with Crippen molar-refractivity contribution in [1.82, 2.24) is 10.2 Å². The van der Waals surface area contributed by atoms with Gasteiger partial charge < -0.3 is 10.6 Å². The third-order valence-corrected chi connectivity index (χ3v) is 5.36. The van der Waals surface area contributed by atoms with Gasteiger partial charge in [0.15, 0.2) is 0 Å². The number of aromatic nitrogens is 2. The number of carbonyl (C=O) groups is 2. The lowest BCUT2D eigenvalue weighted by atomic mass is 10.2. The van der Waals surface area contributed by atoms with Crippen molar-refractivity contribution >= 4 is 56.5 Å². The molecule has 0 aliphatic rings. The van der Waals surface area contributed by atoms with Crippen molar-refractivity contribution in [3.05, 3.63) is 75.6 Å². The normalized spacial score (nSPS) is 10.5. The number of benzene rings is 2. The molecule has 7 nitrogen and oxygen atoms in total. The Balaban J connectivity index is 1.56. The van der Waals surface area contributed by atoms with Gasteiger partial charge in [0, 0.05) is 10.6 Å². The fraction of sp³-hybridized carbons (Fsp3) is 0. The first-order valence-corrected chi connectivity index (χ1v) is 9.60. The monoisotopic (exact) mass is 421 g/mol. The molecule has 0 unspecified atom stereocenters. The van der Waals surface area contributed by atoms with E-state index < -0.39 is 0 Å². The smallest absolute Gasteiger partial charge is 0.265 e. The van der Waals surface area contributed by atoms with Crippen molar-refractivity contribution in [1.29, 1.82) is 5.26 Å². The number of amides is 2. The highest BCUT2D eigenvalue weighted by Gasteiger charge is 2.18. The van der Waals surface area contributed by atoms with E-state index in [1.807, 2.05) is 6.07 Å². The molecule has 0 aliphatic carbocycles. The number of para-hydroxylation sites is 1. The highest BCUT2D eigenvalue weighted by Crippen LogP contribution is 2.30. The Morgan fingerprint density at radius 1 is 1.07 bits per heavy atom. The Hall–Kier alpha value is -3.67. The van der Waals surface area contributed by atoms with E-state index in [0.717, 1.165) is 0 Å². The number of H-pyrrole nitrogens is 1. The zero-order valence-electron chi connectivity index (χ0n) is 14.7. The molecule has 9 heteroatoms. The zero-order chi connectivity index (χ0) is 20.4. The van der Waals surface area contributed by atoms with E-state index in [9.17, 15) is 9.59 Å². The summed E-state index contributed by atoms with van der Waals surface area (Å²) < 4.78 is 0. The number of aromatic amines is 1. The van der Waals surface area contributed by atoms with Crippen molar-refractivity contribution in [3.8, 4) is 6.07 Å². The third-order valence-electron chi connectivity index (χ3n) is 4.10. The minimum atomic E-state index is -0.359. The molecule has 2 heterocycles. The second kappa shape index (κ2) is 7.75. The summed E-state index contributed by atoms with van der Waals surface area (Å²) in [5.74, 6) is -0.321. The first-order valence-electron chi connectivity index (χ1n) is 8.40. The maximum atomic E-state index is 12.6. The molecule has 3 N–H and O–H groups in total.